The number of aromatic hydroxyl groups is 1. The van der Waals surface area contributed by atoms with E-state index in [4.69, 9.17) is 5.11 Å². The molecule has 0 aliphatic carbocycles. The summed E-state index contributed by atoms with van der Waals surface area (Å²) >= 11 is 0. The summed E-state index contributed by atoms with van der Waals surface area (Å²) in [5.74, 6) is 0.343. The van der Waals surface area contributed by atoms with E-state index >= 15 is 0 Å². The molecule has 0 unspecified atom stereocenters. The van der Waals surface area contributed by atoms with E-state index in [2.05, 4.69) is 19.1 Å². The van der Waals surface area contributed by atoms with Crippen molar-refractivity contribution in [1.82, 2.24) is 0 Å². The van der Waals surface area contributed by atoms with Gasteiger partial charge in [-0.3, -0.25) is 0 Å². The maximum atomic E-state index is 9.08. The minimum Gasteiger partial charge on any atom is -0.508 e. The van der Waals surface area contributed by atoms with Crippen LogP contribution in [-0.2, 0) is 6.42 Å². The Bertz CT molecular complexity index is 272. The van der Waals surface area contributed by atoms with Crippen LogP contribution in [0.15, 0.2) is 36.4 Å². The molecule has 1 nitrogen and oxygen atoms in total. The highest BCUT2D eigenvalue weighted by Crippen LogP contribution is 2.11. The molecule has 0 radical (unpaired) electrons. The third-order valence-corrected chi connectivity index (χ3v) is 2.16. The van der Waals surface area contributed by atoms with Gasteiger partial charge in [0.1, 0.15) is 5.75 Å². The van der Waals surface area contributed by atoms with Gasteiger partial charge >= 0.3 is 0 Å². The number of rotatable bonds is 5. The molecule has 1 N–H and O–H groups in total. The highest BCUT2D eigenvalue weighted by molar-refractivity contribution is 5.26. The first-order valence-corrected chi connectivity index (χ1v) is 5.26. The molecule has 0 bridgehead atoms. The molecule has 0 fully saturated rings. The fourth-order valence-electron chi connectivity index (χ4n) is 1.31. The van der Waals surface area contributed by atoms with Gasteiger partial charge in [0.15, 0.2) is 0 Å². The lowest BCUT2D eigenvalue weighted by atomic mass is 10.1. The molecule has 0 saturated carbocycles. The van der Waals surface area contributed by atoms with Crippen molar-refractivity contribution in [3.63, 3.8) is 0 Å². The Kier molecular flexibility index (Phi) is 4.84. The monoisotopic (exact) mass is 190 g/mol. The predicted octanol–water partition coefficient (Wildman–Crippen LogP) is 3.68. The van der Waals surface area contributed by atoms with E-state index in [1.54, 1.807) is 12.1 Å². The van der Waals surface area contributed by atoms with Gasteiger partial charge in [-0.25, -0.2) is 0 Å². The first-order valence-electron chi connectivity index (χ1n) is 5.26. The number of allylic oxidation sites excluding steroid dienone is 2. The lowest BCUT2D eigenvalue weighted by Gasteiger charge is -1.98. The molecular formula is C13H18O. The molecule has 0 spiro atoms. The topological polar surface area (TPSA) is 20.2 Å². The fraction of sp³-hybridized carbons (Fsp3) is 0.385. The van der Waals surface area contributed by atoms with E-state index in [1.807, 2.05) is 12.1 Å². The number of unbranched alkanes of at least 4 members (excludes halogenated alkanes) is 1. The summed E-state index contributed by atoms with van der Waals surface area (Å²) in [5.41, 5.74) is 1.28. The molecule has 0 aliphatic heterocycles. The van der Waals surface area contributed by atoms with E-state index < -0.39 is 0 Å². The van der Waals surface area contributed by atoms with Gasteiger partial charge in [0.05, 0.1) is 0 Å². The minimum atomic E-state index is 0.343. The molecular weight excluding hydrogens is 172 g/mol. The molecule has 0 aliphatic rings. The van der Waals surface area contributed by atoms with Crippen molar-refractivity contribution in [2.45, 2.75) is 32.6 Å². The quantitative estimate of drug-likeness (QED) is 0.702. The average molecular weight is 190 g/mol. The van der Waals surface area contributed by atoms with Crippen LogP contribution in [-0.4, -0.2) is 5.11 Å². The Morgan fingerprint density at radius 2 is 1.71 bits per heavy atom. The zero-order valence-corrected chi connectivity index (χ0v) is 8.74. The Morgan fingerprint density at radius 3 is 2.36 bits per heavy atom. The highest BCUT2D eigenvalue weighted by atomic mass is 16.3. The second-order valence-electron chi connectivity index (χ2n) is 3.47. The van der Waals surface area contributed by atoms with Crippen molar-refractivity contribution in [3.8, 4) is 5.75 Å². The number of hydrogen-bond acceptors (Lipinski definition) is 1. The zero-order valence-electron chi connectivity index (χ0n) is 8.74. The number of phenolic OH excluding ortho intramolecular Hbond substituents is 1. The Balaban J connectivity index is 2.28. The summed E-state index contributed by atoms with van der Waals surface area (Å²) in [6.07, 6.45) is 9.01. The normalized spacial score (nSPS) is 10.9. The number of aryl methyl sites for hydroxylation is 1. The van der Waals surface area contributed by atoms with Crippen molar-refractivity contribution >= 4 is 0 Å². The average Bonchev–Trinajstić information content (AvgIpc) is 2.21. The molecule has 0 aromatic heterocycles. The van der Waals surface area contributed by atoms with Crippen molar-refractivity contribution in [1.29, 1.82) is 0 Å². The van der Waals surface area contributed by atoms with Crippen LogP contribution < -0.4 is 0 Å². The first-order chi connectivity index (χ1) is 6.83. The summed E-state index contributed by atoms with van der Waals surface area (Å²) < 4.78 is 0. The Morgan fingerprint density at radius 1 is 1.07 bits per heavy atom. The van der Waals surface area contributed by atoms with E-state index in [-0.39, 0.29) is 0 Å². The van der Waals surface area contributed by atoms with Crippen LogP contribution in [0.1, 0.15) is 31.7 Å². The SMILES string of the molecule is CCC/C=C/CCc1ccc(O)cc1. The number of hydrogen-bond donors (Lipinski definition) is 1. The van der Waals surface area contributed by atoms with Gasteiger partial charge in [-0.15, -0.1) is 0 Å². The van der Waals surface area contributed by atoms with Crippen molar-refractivity contribution in [2.75, 3.05) is 0 Å². The summed E-state index contributed by atoms with van der Waals surface area (Å²) in [7, 11) is 0. The van der Waals surface area contributed by atoms with Gasteiger partial charge in [-0.1, -0.05) is 37.6 Å². The lowest BCUT2D eigenvalue weighted by molar-refractivity contribution is 0.475. The molecule has 0 amide bonds. The lowest BCUT2D eigenvalue weighted by Crippen LogP contribution is -1.81. The van der Waals surface area contributed by atoms with Crippen molar-refractivity contribution in [3.05, 3.63) is 42.0 Å². The van der Waals surface area contributed by atoms with Gasteiger partial charge in [-0.2, -0.15) is 0 Å². The molecule has 14 heavy (non-hydrogen) atoms. The second kappa shape index (κ2) is 6.25. The minimum absolute atomic E-state index is 0.343. The Hall–Kier alpha value is -1.24. The van der Waals surface area contributed by atoms with Crippen molar-refractivity contribution in [2.24, 2.45) is 0 Å². The second-order valence-corrected chi connectivity index (χ2v) is 3.47. The standard InChI is InChI=1S/C13H18O/c1-2-3-4-5-6-7-12-8-10-13(14)11-9-12/h4-5,8-11,14H,2-3,6-7H2,1H3/b5-4+. The summed E-state index contributed by atoms with van der Waals surface area (Å²) in [6, 6.07) is 7.43. The van der Waals surface area contributed by atoms with Gasteiger partial charge in [-0.05, 0) is 37.0 Å². The van der Waals surface area contributed by atoms with Crippen molar-refractivity contribution < 1.29 is 5.11 Å². The maximum absolute atomic E-state index is 9.08. The highest BCUT2D eigenvalue weighted by Gasteiger charge is 1.91. The molecule has 0 saturated heterocycles. The molecule has 0 heterocycles. The van der Waals surface area contributed by atoms with E-state index in [0.29, 0.717) is 5.75 Å². The first kappa shape index (κ1) is 10.8. The zero-order chi connectivity index (χ0) is 10.2. The maximum Gasteiger partial charge on any atom is 0.115 e. The molecule has 1 heteroatoms. The van der Waals surface area contributed by atoms with E-state index in [0.717, 1.165) is 12.8 Å². The number of benzene rings is 1. The Labute approximate surface area is 86.1 Å². The molecule has 0 atom stereocenters. The summed E-state index contributed by atoms with van der Waals surface area (Å²) in [4.78, 5) is 0. The van der Waals surface area contributed by atoms with Gasteiger partial charge < -0.3 is 5.11 Å². The van der Waals surface area contributed by atoms with Crippen LogP contribution >= 0.6 is 0 Å². The van der Waals surface area contributed by atoms with E-state index in [9.17, 15) is 0 Å². The third-order valence-electron chi connectivity index (χ3n) is 2.16. The predicted molar refractivity (Wildman–Crippen MR) is 60.5 cm³/mol. The van der Waals surface area contributed by atoms with E-state index in [1.165, 1.54) is 18.4 Å². The molecule has 1 aromatic carbocycles. The van der Waals surface area contributed by atoms with Crippen LogP contribution in [0, 0.1) is 0 Å². The number of phenols is 1. The van der Waals surface area contributed by atoms with Gasteiger partial charge in [0.25, 0.3) is 0 Å². The summed E-state index contributed by atoms with van der Waals surface area (Å²) in [6.45, 7) is 2.18. The van der Waals surface area contributed by atoms with Gasteiger partial charge in [0, 0.05) is 0 Å². The van der Waals surface area contributed by atoms with Crippen LogP contribution in [0.4, 0.5) is 0 Å². The largest absolute Gasteiger partial charge is 0.508 e. The van der Waals surface area contributed by atoms with Gasteiger partial charge in [0.2, 0.25) is 0 Å². The molecule has 1 rings (SSSR count). The molecule has 76 valence electrons. The third kappa shape index (κ3) is 4.13. The fourth-order valence-corrected chi connectivity index (χ4v) is 1.31. The van der Waals surface area contributed by atoms with Crippen LogP contribution in [0.2, 0.25) is 0 Å². The molecule has 1 aromatic rings. The smallest absolute Gasteiger partial charge is 0.115 e. The van der Waals surface area contributed by atoms with Crippen LogP contribution in [0.25, 0.3) is 0 Å². The van der Waals surface area contributed by atoms with Crippen LogP contribution in [0.3, 0.4) is 0 Å². The summed E-state index contributed by atoms with van der Waals surface area (Å²) in [5, 5.41) is 9.08. The van der Waals surface area contributed by atoms with Crippen LogP contribution in [0.5, 0.6) is 5.75 Å².